The van der Waals surface area contributed by atoms with E-state index in [1.54, 1.807) is 31.2 Å². The van der Waals surface area contributed by atoms with Crippen molar-refractivity contribution >= 4 is 50.6 Å². The number of ether oxygens (including phenoxy) is 1. The third kappa shape index (κ3) is 7.86. The molecule has 0 bridgehead atoms. The number of sulfonamides is 1. The van der Waals surface area contributed by atoms with E-state index >= 15 is 0 Å². The molecule has 1 N–H and O–H groups in total. The van der Waals surface area contributed by atoms with Gasteiger partial charge >= 0.3 is 5.97 Å². The number of nitro benzene ring substituents is 1. The van der Waals surface area contributed by atoms with Gasteiger partial charge in [-0.05, 0) is 37.6 Å². The second-order valence-corrected chi connectivity index (χ2v) is 10.6. The largest absolute Gasteiger partial charge is 0.456 e. The lowest BCUT2D eigenvalue weighted by Crippen LogP contribution is -2.24. The maximum absolute atomic E-state index is 12.2. The van der Waals surface area contributed by atoms with Gasteiger partial charge in [-0.3, -0.25) is 19.7 Å². The number of hydrogen-bond donors (Lipinski definition) is 1. The van der Waals surface area contributed by atoms with Crippen LogP contribution in [-0.4, -0.2) is 49.8 Å². The van der Waals surface area contributed by atoms with Gasteiger partial charge in [0.1, 0.15) is 5.25 Å². The lowest BCUT2D eigenvalue weighted by Gasteiger charge is -2.10. The molecule has 0 saturated carbocycles. The highest BCUT2D eigenvalue weighted by Crippen LogP contribution is 2.26. The van der Waals surface area contributed by atoms with Crippen LogP contribution in [0.5, 0.6) is 0 Å². The molecule has 0 amide bonds. The molecule has 0 aliphatic heterocycles. The summed E-state index contributed by atoms with van der Waals surface area (Å²) in [5.74, 6) is -0.913. The molecule has 0 saturated heterocycles. The Morgan fingerprint density at radius 2 is 1.90 bits per heavy atom. The quantitative estimate of drug-likeness (QED) is 0.173. The highest BCUT2D eigenvalue weighted by molar-refractivity contribution is 8.00. The molecule has 1 atom stereocenters. The van der Waals surface area contributed by atoms with Gasteiger partial charge in [-0.25, -0.2) is 13.1 Å². The number of esters is 1. The Balaban J connectivity index is 1.80. The van der Waals surface area contributed by atoms with E-state index < -0.39 is 32.8 Å². The first kappa shape index (κ1) is 24.0. The van der Waals surface area contributed by atoms with Gasteiger partial charge in [-0.15, -0.1) is 23.1 Å². The van der Waals surface area contributed by atoms with Crippen LogP contribution in [0, 0.1) is 10.1 Å². The van der Waals surface area contributed by atoms with Crippen LogP contribution in [0.3, 0.4) is 0 Å². The molecule has 0 aliphatic rings. The van der Waals surface area contributed by atoms with E-state index in [-0.39, 0.29) is 18.0 Å². The van der Waals surface area contributed by atoms with Crippen LogP contribution < -0.4 is 4.72 Å². The minimum atomic E-state index is -3.26. The van der Waals surface area contributed by atoms with Crippen molar-refractivity contribution in [3.63, 3.8) is 0 Å². The molecule has 30 heavy (non-hydrogen) atoms. The zero-order chi connectivity index (χ0) is 22.3. The predicted octanol–water partition coefficient (Wildman–Crippen LogP) is 2.65. The van der Waals surface area contributed by atoms with Gasteiger partial charge in [0, 0.05) is 28.5 Å². The number of hydrogen-bond acceptors (Lipinski definition) is 9. The summed E-state index contributed by atoms with van der Waals surface area (Å²) in [6.07, 6.45) is 1.53. The first-order chi connectivity index (χ1) is 14.0. The molecule has 162 valence electrons. The van der Waals surface area contributed by atoms with Crippen LogP contribution in [0.4, 0.5) is 5.69 Å². The molecule has 0 aliphatic carbocycles. The van der Waals surface area contributed by atoms with Gasteiger partial charge in [-0.2, -0.15) is 0 Å². The summed E-state index contributed by atoms with van der Waals surface area (Å²) in [7, 11) is -3.26. The van der Waals surface area contributed by atoms with Crippen molar-refractivity contribution in [3.8, 4) is 0 Å². The molecule has 2 rings (SSSR count). The molecule has 1 unspecified atom stereocenters. The van der Waals surface area contributed by atoms with Crippen molar-refractivity contribution in [3.05, 3.63) is 56.3 Å². The number of nitrogens with zero attached hydrogens (tertiary/aromatic N) is 1. The normalized spacial score (nSPS) is 12.3. The third-order valence-corrected chi connectivity index (χ3v) is 6.71. The zero-order valence-corrected chi connectivity index (χ0v) is 18.6. The molecule has 12 heteroatoms. The summed E-state index contributed by atoms with van der Waals surface area (Å²) in [6.45, 7) is 1.46. The van der Waals surface area contributed by atoms with Crippen molar-refractivity contribution in [2.45, 2.75) is 23.5 Å². The summed E-state index contributed by atoms with van der Waals surface area (Å²) < 4.78 is 29.6. The van der Waals surface area contributed by atoms with E-state index in [1.165, 1.54) is 35.2 Å². The summed E-state index contributed by atoms with van der Waals surface area (Å²) >= 11 is 2.39. The van der Waals surface area contributed by atoms with Crippen LogP contribution in [0.2, 0.25) is 0 Å². The summed E-state index contributed by atoms with van der Waals surface area (Å²) in [6, 6.07) is 9.14. The molecule has 0 radical (unpaired) electrons. The first-order valence-corrected chi connectivity index (χ1v) is 12.3. The number of non-ortho nitro benzene ring substituents is 1. The van der Waals surface area contributed by atoms with Gasteiger partial charge in [0.05, 0.1) is 16.1 Å². The van der Waals surface area contributed by atoms with E-state index in [0.29, 0.717) is 16.2 Å². The van der Waals surface area contributed by atoms with Crippen molar-refractivity contribution < 1.29 is 27.7 Å². The molecular weight excluding hydrogens is 452 g/mol. The Hall–Kier alpha value is -2.28. The minimum absolute atomic E-state index is 0.0393. The van der Waals surface area contributed by atoms with E-state index in [0.717, 1.165) is 11.1 Å². The van der Waals surface area contributed by atoms with Crippen LogP contribution in [0.1, 0.15) is 21.5 Å². The minimum Gasteiger partial charge on any atom is -0.456 e. The van der Waals surface area contributed by atoms with Gasteiger partial charge in [0.15, 0.2) is 6.61 Å². The topological polar surface area (TPSA) is 133 Å². The molecule has 9 nitrogen and oxygen atoms in total. The van der Waals surface area contributed by atoms with Crippen LogP contribution in [-0.2, 0) is 26.0 Å². The Morgan fingerprint density at radius 3 is 2.50 bits per heavy atom. The van der Waals surface area contributed by atoms with Crippen LogP contribution in [0.25, 0.3) is 0 Å². The number of thioether (sulfide) groups is 1. The average molecular weight is 473 g/mol. The lowest BCUT2D eigenvalue weighted by atomic mass is 10.3. The monoisotopic (exact) mass is 472 g/mol. The highest BCUT2D eigenvalue weighted by Gasteiger charge is 2.19. The van der Waals surface area contributed by atoms with Gasteiger partial charge < -0.3 is 4.74 Å². The van der Waals surface area contributed by atoms with E-state index in [2.05, 4.69) is 4.72 Å². The molecule has 0 spiro atoms. The number of ketones is 1. The fourth-order valence-electron chi connectivity index (χ4n) is 2.25. The molecule has 0 fully saturated rings. The first-order valence-electron chi connectivity index (χ1n) is 8.69. The van der Waals surface area contributed by atoms with Gasteiger partial charge in [0.2, 0.25) is 15.8 Å². The highest BCUT2D eigenvalue weighted by atomic mass is 32.2. The number of carbonyl (C=O) groups excluding carboxylic acids is 2. The number of Topliss-reactive ketones (excluding diaryl/α,β-unsaturated/α-hetero) is 1. The molecule has 1 aromatic heterocycles. The second-order valence-electron chi connectivity index (χ2n) is 6.22. The van der Waals surface area contributed by atoms with Gasteiger partial charge in [-0.1, -0.05) is 0 Å². The van der Waals surface area contributed by atoms with Crippen molar-refractivity contribution in [2.24, 2.45) is 0 Å². The maximum atomic E-state index is 12.2. The molecule has 1 heterocycles. The van der Waals surface area contributed by atoms with Crippen molar-refractivity contribution in [2.75, 3.05) is 19.4 Å². The maximum Gasteiger partial charge on any atom is 0.319 e. The SMILES string of the molecule is CC(Sc1ccc([N+](=O)[O-])cc1)C(=O)OCC(=O)c1ccc(CCNS(C)(=O)=O)s1. The van der Waals surface area contributed by atoms with Crippen molar-refractivity contribution in [1.29, 1.82) is 0 Å². The number of benzene rings is 1. The fourth-order valence-corrected chi connectivity index (χ4v) is 4.52. The fraction of sp³-hybridized carbons (Fsp3) is 0.333. The van der Waals surface area contributed by atoms with Gasteiger partial charge in [0.25, 0.3) is 5.69 Å². The predicted molar refractivity (Wildman–Crippen MR) is 115 cm³/mol. The van der Waals surface area contributed by atoms with Crippen LogP contribution >= 0.6 is 23.1 Å². The number of nitrogens with one attached hydrogen (secondary N) is 1. The Bertz CT molecular complexity index is 1020. The third-order valence-electron chi connectivity index (χ3n) is 3.71. The second kappa shape index (κ2) is 10.7. The number of nitro groups is 1. The number of rotatable bonds is 11. The Kier molecular flexibility index (Phi) is 8.53. The Morgan fingerprint density at radius 1 is 1.23 bits per heavy atom. The standard InChI is InChI=1S/C18H20N2O7S3/c1-12(28-14-5-3-13(4-6-14)20(23)24)18(22)27-11-16(21)17-8-7-15(29-17)9-10-19-30(2,25)26/h3-8,12,19H,9-11H2,1-2H3. The Labute approximate surface area is 182 Å². The summed E-state index contributed by atoms with van der Waals surface area (Å²) in [4.78, 5) is 36.5. The summed E-state index contributed by atoms with van der Waals surface area (Å²) in [5.41, 5.74) is -0.0393. The number of thiophene rings is 1. The molecule has 1 aromatic carbocycles. The lowest BCUT2D eigenvalue weighted by molar-refractivity contribution is -0.384. The molecular formula is C18H20N2O7S3. The van der Waals surface area contributed by atoms with Crippen LogP contribution in [0.15, 0.2) is 41.3 Å². The smallest absolute Gasteiger partial charge is 0.319 e. The van der Waals surface area contributed by atoms with E-state index in [1.807, 2.05) is 0 Å². The van der Waals surface area contributed by atoms with E-state index in [9.17, 15) is 28.1 Å². The zero-order valence-electron chi connectivity index (χ0n) is 16.2. The van der Waals surface area contributed by atoms with Crippen molar-refractivity contribution in [1.82, 2.24) is 4.72 Å². The average Bonchev–Trinajstić information content (AvgIpc) is 3.14. The summed E-state index contributed by atoms with van der Waals surface area (Å²) in [5, 5.41) is 10.1. The van der Waals surface area contributed by atoms with E-state index in [4.69, 9.17) is 4.74 Å². The molecule has 2 aromatic rings. The number of carbonyl (C=O) groups is 2.